The van der Waals surface area contributed by atoms with E-state index in [9.17, 15) is 13.6 Å². The molecule has 5 nitrogen and oxygen atoms in total. The molecule has 0 amide bonds. The predicted octanol–water partition coefficient (Wildman–Crippen LogP) is 2.38. The Kier molecular flexibility index (Phi) is 3.09. The quantitative estimate of drug-likeness (QED) is 0.726. The molecule has 1 aromatic carbocycles. The van der Waals surface area contributed by atoms with Crippen molar-refractivity contribution < 1.29 is 13.3 Å². The third-order valence-corrected chi connectivity index (χ3v) is 2.93. The van der Waals surface area contributed by atoms with E-state index in [2.05, 4.69) is 10.1 Å². The maximum Gasteiger partial charge on any atom is 0.261 e. The summed E-state index contributed by atoms with van der Waals surface area (Å²) in [7, 11) is 1.58. The molecule has 7 heteroatoms. The molecule has 0 N–H and O–H groups in total. The van der Waals surface area contributed by atoms with Gasteiger partial charge in [-0.15, -0.1) is 0 Å². The van der Waals surface area contributed by atoms with Crippen molar-refractivity contribution in [1.82, 2.24) is 14.7 Å². The minimum Gasteiger partial charge on any atom is -0.334 e. The van der Waals surface area contributed by atoms with Gasteiger partial charge in [0.25, 0.3) is 5.89 Å². The maximum absolute atomic E-state index is 13.6. The van der Waals surface area contributed by atoms with Crippen LogP contribution in [0.4, 0.5) is 8.78 Å². The first kappa shape index (κ1) is 13.2. The van der Waals surface area contributed by atoms with Crippen LogP contribution in [0, 0.1) is 11.6 Å². The summed E-state index contributed by atoms with van der Waals surface area (Å²) >= 11 is 0. The van der Waals surface area contributed by atoms with Crippen molar-refractivity contribution >= 4 is 0 Å². The van der Waals surface area contributed by atoms with Crippen LogP contribution >= 0.6 is 0 Å². The SMILES string of the molecule is Cn1cc(-c2noc(-c3cc(F)ccc3F)n2)ccc1=O. The Hall–Kier alpha value is -2.83. The van der Waals surface area contributed by atoms with Crippen LogP contribution in [0.1, 0.15) is 0 Å². The van der Waals surface area contributed by atoms with E-state index >= 15 is 0 Å². The van der Waals surface area contributed by atoms with Crippen LogP contribution in [-0.4, -0.2) is 14.7 Å². The number of aromatic nitrogens is 3. The number of rotatable bonds is 2. The number of aryl methyl sites for hydroxylation is 1. The molecule has 0 aliphatic carbocycles. The highest BCUT2D eigenvalue weighted by Gasteiger charge is 2.15. The first-order valence-electron chi connectivity index (χ1n) is 6.01. The van der Waals surface area contributed by atoms with E-state index in [1.54, 1.807) is 7.05 Å². The van der Waals surface area contributed by atoms with E-state index in [1.165, 1.54) is 22.9 Å². The van der Waals surface area contributed by atoms with Crippen LogP contribution in [-0.2, 0) is 7.05 Å². The van der Waals surface area contributed by atoms with Gasteiger partial charge < -0.3 is 9.09 Å². The molecule has 2 heterocycles. The number of nitrogens with zero attached hydrogens (tertiary/aromatic N) is 3. The van der Waals surface area contributed by atoms with Gasteiger partial charge in [0.1, 0.15) is 11.6 Å². The minimum atomic E-state index is -0.660. The van der Waals surface area contributed by atoms with Crippen molar-refractivity contribution in [2.75, 3.05) is 0 Å². The number of hydrogen-bond acceptors (Lipinski definition) is 4. The highest BCUT2D eigenvalue weighted by molar-refractivity contribution is 5.59. The summed E-state index contributed by atoms with van der Waals surface area (Å²) in [5.41, 5.74) is 0.237. The molecule has 0 fully saturated rings. The largest absolute Gasteiger partial charge is 0.334 e. The molecule has 0 atom stereocenters. The summed E-state index contributed by atoms with van der Waals surface area (Å²) in [6, 6.07) is 5.85. The average molecular weight is 289 g/mol. The van der Waals surface area contributed by atoms with Crippen LogP contribution in [0.2, 0.25) is 0 Å². The van der Waals surface area contributed by atoms with Crippen molar-refractivity contribution in [2.45, 2.75) is 0 Å². The zero-order valence-electron chi connectivity index (χ0n) is 10.9. The Balaban J connectivity index is 2.05. The lowest BCUT2D eigenvalue weighted by Gasteiger charge is -1.98. The molecule has 0 saturated carbocycles. The second-order valence-corrected chi connectivity index (χ2v) is 4.41. The molecule has 0 aliphatic rings. The standard InChI is InChI=1S/C14H9F2N3O2/c1-19-7-8(2-5-12(19)20)13-17-14(21-18-13)10-6-9(15)3-4-11(10)16/h2-7H,1H3. The minimum absolute atomic E-state index is 0.112. The van der Waals surface area contributed by atoms with Crippen LogP contribution in [0.3, 0.4) is 0 Å². The van der Waals surface area contributed by atoms with E-state index in [4.69, 9.17) is 4.52 Å². The molecule has 0 bridgehead atoms. The first-order chi connectivity index (χ1) is 10.0. The van der Waals surface area contributed by atoms with Gasteiger partial charge in [-0.2, -0.15) is 4.98 Å². The third-order valence-electron chi connectivity index (χ3n) is 2.93. The molecule has 0 spiro atoms. The van der Waals surface area contributed by atoms with Crippen LogP contribution < -0.4 is 5.56 Å². The van der Waals surface area contributed by atoms with Crippen LogP contribution in [0.5, 0.6) is 0 Å². The van der Waals surface area contributed by atoms with Gasteiger partial charge in [0.15, 0.2) is 0 Å². The highest BCUT2D eigenvalue weighted by atomic mass is 19.1. The molecular weight excluding hydrogens is 280 g/mol. The molecule has 106 valence electrons. The van der Waals surface area contributed by atoms with E-state index in [0.717, 1.165) is 18.2 Å². The number of pyridine rings is 1. The molecule has 21 heavy (non-hydrogen) atoms. The lowest BCUT2D eigenvalue weighted by Crippen LogP contribution is -2.14. The zero-order valence-corrected chi connectivity index (χ0v) is 10.9. The zero-order chi connectivity index (χ0) is 15.0. The molecule has 0 saturated heterocycles. The molecule has 3 aromatic rings. The van der Waals surface area contributed by atoms with E-state index < -0.39 is 11.6 Å². The van der Waals surface area contributed by atoms with Crippen molar-refractivity contribution in [2.24, 2.45) is 7.05 Å². The fraction of sp³-hybridized carbons (Fsp3) is 0.0714. The summed E-state index contributed by atoms with van der Waals surface area (Å²) < 4.78 is 33.1. The Morgan fingerprint density at radius 3 is 2.76 bits per heavy atom. The number of benzene rings is 1. The second-order valence-electron chi connectivity index (χ2n) is 4.41. The third kappa shape index (κ3) is 2.45. The van der Waals surface area contributed by atoms with E-state index in [1.807, 2.05) is 0 Å². The normalized spacial score (nSPS) is 10.8. The van der Waals surface area contributed by atoms with Gasteiger partial charge in [-0.1, -0.05) is 5.16 Å². The fourth-order valence-electron chi connectivity index (χ4n) is 1.84. The Morgan fingerprint density at radius 1 is 1.19 bits per heavy atom. The second kappa shape index (κ2) is 4.93. The maximum atomic E-state index is 13.6. The first-order valence-corrected chi connectivity index (χ1v) is 6.01. The van der Waals surface area contributed by atoms with Gasteiger partial charge in [0, 0.05) is 24.9 Å². The van der Waals surface area contributed by atoms with Crippen molar-refractivity contribution in [3.63, 3.8) is 0 Å². The molecule has 3 rings (SSSR count). The summed E-state index contributed by atoms with van der Waals surface area (Å²) in [5, 5.41) is 3.71. The topological polar surface area (TPSA) is 60.9 Å². The molecule has 2 aromatic heterocycles. The summed E-state index contributed by atoms with van der Waals surface area (Å²) in [6.07, 6.45) is 1.53. The predicted molar refractivity (Wildman–Crippen MR) is 70.3 cm³/mol. The molecule has 0 radical (unpaired) electrons. The lowest BCUT2D eigenvalue weighted by molar-refractivity contribution is 0.429. The molecule has 0 aliphatic heterocycles. The van der Waals surface area contributed by atoms with Crippen molar-refractivity contribution in [3.8, 4) is 22.8 Å². The van der Waals surface area contributed by atoms with Gasteiger partial charge in [0.2, 0.25) is 11.4 Å². The van der Waals surface area contributed by atoms with E-state index in [0.29, 0.717) is 5.56 Å². The highest BCUT2D eigenvalue weighted by Crippen LogP contribution is 2.24. The number of halogens is 2. The van der Waals surface area contributed by atoms with Gasteiger partial charge in [-0.3, -0.25) is 4.79 Å². The van der Waals surface area contributed by atoms with Crippen LogP contribution in [0.15, 0.2) is 45.8 Å². The average Bonchev–Trinajstić information content (AvgIpc) is 2.94. The van der Waals surface area contributed by atoms with Crippen molar-refractivity contribution in [1.29, 1.82) is 0 Å². The van der Waals surface area contributed by atoms with E-state index in [-0.39, 0.29) is 22.8 Å². The summed E-state index contributed by atoms with van der Waals surface area (Å²) in [5.74, 6) is -1.21. The van der Waals surface area contributed by atoms with Crippen molar-refractivity contribution in [3.05, 3.63) is 58.5 Å². The number of hydrogen-bond donors (Lipinski definition) is 0. The smallest absolute Gasteiger partial charge is 0.261 e. The summed E-state index contributed by atoms with van der Waals surface area (Å²) in [4.78, 5) is 15.3. The van der Waals surface area contributed by atoms with Gasteiger partial charge >= 0.3 is 0 Å². The Morgan fingerprint density at radius 2 is 2.00 bits per heavy atom. The Bertz CT molecular complexity index is 871. The Labute approximate surface area is 117 Å². The van der Waals surface area contributed by atoms with Gasteiger partial charge in [-0.05, 0) is 24.3 Å². The molecule has 0 unspecified atom stereocenters. The monoisotopic (exact) mass is 289 g/mol. The fourth-order valence-corrected chi connectivity index (χ4v) is 1.84. The van der Waals surface area contributed by atoms with Gasteiger partial charge in [-0.25, -0.2) is 8.78 Å². The van der Waals surface area contributed by atoms with Crippen LogP contribution in [0.25, 0.3) is 22.8 Å². The lowest BCUT2D eigenvalue weighted by atomic mass is 10.2. The summed E-state index contributed by atoms with van der Waals surface area (Å²) in [6.45, 7) is 0. The molecular formula is C14H9F2N3O2. The van der Waals surface area contributed by atoms with Gasteiger partial charge in [0.05, 0.1) is 5.56 Å².